The van der Waals surface area contributed by atoms with E-state index >= 15 is 0 Å². The number of hydrogen-bond donors (Lipinski definition) is 1. The highest BCUT2D eigenvalue weighted by atomic mass is 16.4. The summed E-state index contributed by atoms with van der Waals surface area (Å²) in [6.07, 6.45) is 3.60. The maximum Gasteiger partial charge on any atom is 0.339 e. The molecule has 0 unspecified atom stereocenters. The quantitative estimate of drug-likeness (QED) is 0.663. The van der Waals surface area contributed by atoms with Crippen molar-refractivity contribution in [1.82, 2.24) is 9.97 Å². The molecule has 0 aliphatic heterocycles. The normalized spacial score (nSPS) is 10.6. The lowest BCUT2D eigenvalue weighted by Crippen LogP contribution is -2.24. The van der Waals surface area contributed by atoms with Crippen molar-refractivity contribution in [1.29, 1.82) is 0 Å². The van der Waals surface area contributed by atoms with Crippen LogP contribution in [-0.4, -0.2) is 34.6 Å². The molecule has 3 rings (SSSR count). The van der Waals surface area contributed by atoms with E-state index < -0.39 is 5.97 Å². The average molecular weight is 361 g/mol. The molecule has 0 fully saturated rings. The molecule has 1 heterocycles. The van der Waals surface area contributed by atoms with Crippen LogP contribution < -0.4 is 4.90 Å². The first kappa shape index (κ1) is 18.6. The molecule has 0 aliphatic rings. The number of carbonyl (C=O) groups is 1. The first-order valence-corrected chi connectivity index (χ1v) is 9.01. The van der Waals surface area contributed by atoms with Crippen LogP contribution in [0.4, 0.5) is 5.95 Å². The summed E-state index contributed by atoms with van der Waals surface area (Å²) in [5, 5.41) is 9.45. The predicted octanol–water partition coefficient (Wildman–Crippen LogP) is 3.64. The van der Waals surface area contributed by atoms with Crippen LogP contribution >= 0.6 is 0 Å². The first-order chi connectivity index (χ1) is 13.1. The zero-order chi connectivity index (χ0) is 19.1. The Bertz CT molecular complexity index is 883. The monoisotopic (exact) mass is 361 g/mol. The minimum atomic E-state index is -0.989. The highest BCUT2D eigenvalue weighted by Gasteiger charge is 2.15. The highest BCUT2D eigenvalue weighted by Crippen LogP contribution is 2.15. The predicted molar refractivity (Wildman–Crippen MR) is 106 cm³/mol. The van der Waals surface area contributed by atoms with Gasteiger partial charge in [-0.25, -0.2) is 14.8 Å². The molecule has 1 N–H and O–H groups in total. The van der Waals surface area contributed by atoms with Gasteiger partial charge >= 0.3 is 5.97 Å². The summed E-state index contributed by atoms with van der Waals surface area (Å²) in [6.45, 7) is 0.758. The molecule has 0 amide bonds. The van der Waals surface area contributed by atoms with Gasteiger partial charge in [-0.15, -0.1) is 0 Å². The van der Waals surface area contributed by atoms with E-state index in [0.717, 1.165) is 24.9 Å². The van der Waals surface area contributed by atoms with Crippen molar-refractivity contribution in [3.05, 3.63) is 89.2 Å². The minimum Gasteiger partial charge on any atom is -0.478 e. The Labute approximate surface area is 159 Å². The van der Waals surface area contributed by atoms with Gasteiger partial charge < -0.3 is 10.0 Å². The molecule has 0 radical (unpaired) electrons. The Morgan fingerprint density at radius 2 is 1.52 bits per heavy atom. The van der Waals surface area contributed by atoms with Gasteiger partial charge in [0.2, 0.25) is 5.95 Å². The van der Waals surface area contributed by atoms with Gasteiger partial charge in [0.25, 0.3) is 0 Å². The van der Waals surface area contributed by atoms with Gasteiger partial charge in [0.1, 0.15) is 0 Å². The molecule has 0 atom stereocenters. The van der Waals surface area contributed by atoms with Crippen LogP contribution in [0.25, 0.3) is 0 Å². The van der Waals surface area contributed by atoms with E-state index in [0.29, 0.717) is 18.1 Å². The molecule has 5 nitrogen and oxygen atoms in total. The number of likely N-dealkylation sites (N-methyl/N-ethyl adjacent to an activating group) is 1. The summed E-state index contributed by atoms with van der Waals surface area (Å²) in [5.41, 5.74) is 3.15. The summed E-state index contributed by atoms with van der Waals surface area (Å²) in [7, 11) is 1.93. The van der Waals surface area contributed by atoms with E-state index in [2.05, 4.69) is 22.1 Å². The lowest BCUT2D eigenvalue weighted by molar-refractivity contribution is 0.0694. The van der Waals surface area contributed by atoms with Crippen LogP contribution in [0.5, 0.6) is 0 Å². The fourth-order valence-corrected chi connectivity index (χ4v) is 2.91. The van der Waals surface area contributed by atoms with Crippen molar-refractivity contribution in [2.75, 3.05) is 18.5 Å². The van der Waals surface area contributed by atoms with E-state index in [-0.39, 0.29) is 5.56 Å². The fraction of sp³-hybridized carbons (Fsp3) is 0.227. The van der Waals surface area contributed by atoms with Crippen LogP contribution in [0.3, 0.4) is 0 Å². The van der Waals surface area contributed by atoms with E-state index in [1.165, 1.54) is 11.8 Å². The largest absolute Gasteiger partial charge is 0.478 e. The molecular formula is C22H23N3O2. The van der Waals surface area contributed by atoms with Crippen LogP contribution in [0.2, 0.25) is 0 Å². The van der Waals surface area contributed by atoms with Crippen molar-refractivity contribution in [3.8, 4) is 0 Å². The van der Waals surface area contributed by atoms with Gasteiger partial charge in [-0.2, -0.15) is 0 Å². The summed E-state index contributed by atoms with van der Waals surface area (Å²) in [4.78, 5) is 22.3. The van der Waals surface area contributed by atoms with Crippen molar-refractivity contribution in [2.24, 2.45) is 0 Å². The Balaban J connectivity index is 1.72. The lowest BCUT2D eigenvalue weighted by atomic mass is 10.1. The first-order valence-electron chi connectivity index (χ1n) is 9.01. The third-order valence-electron chi connectivity index (χ3n) is 4.50. The third kappa shape index (κ3) is 5.14. The number of benzene rings is 2. The number of hydrogen-bond acceptors (Lipinski definition) is 4. The summed E-state index contributed by atoms with van der Waals surface area (Å²) < 4.78 is 0. The number of nitrogens with zero attached hydrogens (tertiary/aromatic N) is 3. The third-order valence-corrected chi connectivity index (χ3v) is 4.50. The molecule has 5 heteroatoms. The Hall–Kier alpha value is -3.21. The SMILES string of the molecule is CN(CCc1ccccc1)c1ncc(C(=O)O)c(CCc2ccccc2)n1. The van der Waals surface area contributed by atoms with Gasteiger partial charge in [0, 0.05) is 19.8 Å². The van der Waals surface area contributed by atoms with Crippen molar-refractivity contribution < 1.29 is 9.90 Å². The van der Waals surface area contributed by atoms with Gasteiger partial charge in [-0.1, -0.05) is 60.7 Å². The number of rotatable bonds is 8. The fourth-order valence-electron chi connectivity index (χ4n) is 2.91. The number of aromatic nitrogens is 2. The number of carboxylic acid groups (broad SMARTS) is 1. The second kappa shape index (κ2) is 8.94. The van der Waals surface area contributed by atoms with Gasteiger partial charge in [0.15, 0.2) is 0 Å². The number of aryl methyl sites for hydroxylation is 2. The maximum absolute atomic E-state index is 11.5. The van der Waals surface area contributed by atoms with Gasteiger partial charge in [0.05, 0.1) is 11.3 Å². The second-order valence-corrected chi connectivity index (χ2v) is 6.48. The van der Waals surface area contributed by atoms with Gasteiger partial charge in [-0.3, -0.25) is 0 Å². The molecule has 27 heavy (non-hydrogen) atoms. The Morgan fingerprint density at radius 1 is 0.926 bits per heavy atom. The molecule has 1 aromatic heterocycles. The van der Waals surface area contributed by atoms with Gasteiger partial charge in [-0.05, 0) is 30.4 Å². The molecular weight excluding hydrogens is 338 g/mol. The molecule has 0 spiro atoms. The Kier molecular flexibility index (Phi) is 6.15. The van der Waals surface area contributed by atoms with E-state index in [1.807, 2.05) is 60.5 Å². The molecule has 2 aromatic carbocycles. The van der Waals surface area contributed by atoms with E-state index in [1.54, 1.807) is 0 Å². The average Bonchev–Trinajstić information content (AvgIpc) is 2.71. The van der Waals surface area contributed by atoms with E-state index in [9.17, 15) is 9.90 Å². The summed E-state index contributed by atoms with van der Waals surface area (Å²) in [5.74, 6) is -0.435. The molecule has 0 saturated carbocycles. The number of anilines is 1. The number of carboxylic acids is 1. The molecule has 3 aromatic rings. The summed E-state index contributed by atoms with van der Waals surface area (Å²) >= 11 is 0. The van der Waals surface area contributed by atoms with Crippen LogP contribution in [0, 0.1) is 0 Å². The van der Waals surface area contributed by atoms with Crippen LogP contribution in [-0.2, 0) is 19.3 Å². The molecule has 0 bridgehead atoms. The standard InChI is InChI=1S/C22H23N3O2/c1-25(15-14-18-10-6-3-7-11-18)22-23-16-19(21(26)27)20(24-22)13-12-17-8-4-2-5-9-17/h2-11,16H,12-15H2,1H3,(H,26,27). The summed E-state index contributed by atoms with van der Waals surface area (Å²) in [6, 6.07) is 20.2. The smallest absolute Gasteiger partial charge is 0.339 e. The van der Waals surface area contributed by atoms with Crippen molar-refractivity contribution in [2.45, 2.75) is 19.3 Å². The topological polar surface area (TPSA) is 66.3 Å². The van der Waals surface area contributed by atoms with Crippen LogP contribution in [0.1, 0.15) is 27.2 Å². The second-order valence-electron chi connectivity index (χ2n) is 6.48. The molecule has 0 saturated heterocycles. The Morgan fingerprint density at radius 3 is 2.11 bits per heavy atom. The van der Waals surface area contributed by atoms with Crippen molar-refractivity contribution in [3.63, 3.8) is 0 Å². The number of aromatic carboxylic acids is 1. The van der Waals surface area contributed by atoms with Crippen LogP contribution in [0.15, 0.2) is 66.9 Å². The lowest BCUT2D eigenvalue weighted by Gasteiger charge is -2.18. The minimum absolute atomic E-state index is 0.172. The molecule has 138 valence electrons. The van der Waals surface area contributed by atoms with E-state index in [4.69, 9.17) is 0 Å². The maximum atomic E-state index is 11.5. The van der Waals surface area contributed by atoms with Crippen molar-refractivity contribution >= 4 is 11.9 Å². The zero-order valence-corrected chi connectivity index (χ0v) is 15.4. The highest BCUT2D eigenvalue weighted by molar-refractivity contribution is 5.88. The molecule has 0 aliphatic carbocycles. The zero-order valence-electron chi connectivity index (χ0n) is 15.4.